The molecule has 0 amide bonds. The molecule has 1 saturated carbocycles. The Labute approximate surface area is 142 Å². The first-order valence-corrected chi connectivity index (χ1v) is 10.1. The van der Waals surface area contributed by atoms with Crippen molar-refractivity contribution in [2.45, 2.75) is 63.6 Å². The molecular weight excluding hydrogens is 284 g/mol. The lowest BCUT2D eigenvalue weighted by Crippen LogP contribution is -2.52. The number of piperidine rings is 2. The lowest BCUT2D eigenvalue weighted by molar-refractivity contribution is 0.130. The van der Waals surface area contributed by atoms with Crippen molar-refractivity contribution >= 4 is 0 Å². The van der Waals surface area contributed by atoms with Crippen LogP contribution in [-0.4, -0.2) is 62.8 Å². The summed E-state index contributed by atoms with van der Waals surface area (Å²) >= 11 is 0. The second kappa shape index (κ2) is 6.62. The van der Waals surface area contributed by atoms with Crippen LogP contribution in [-0.2, 0) is 0 Å². The van der Waals surface area contributed by atoms with E-state index in [-0.39, 0.29) is 0 Å². The van der Waals surface area contributed by atoms with Crippen molar-refractivity contribution in [2.24, 2.45) is 17.3 Å². The van der Waals surface area contributed by atoms with Crippen LogP contribution in [0.1, 0.15) is 45.4 Å². The molecule has 3 saturated heterocycles. The zero-order valence-electron chi connectivity index (χ0n) is 15.1. The van der Waals surface area contributed by atoms with Gasteiger partial charge in [-0.05, 0) is 75.9 Å². The minimum atomic E-state index is 0.502. The molecule has 0 radical (unpaired) electrons. The van der Waals surface area contributed by atoms with E-state index >= 15 is 0 Å². The van der Waals surface area contributed by atoms with Crippen molar-refractivity contribution in [2.75, 3.05) is 39.8 Å². The number of rotatable bonds is 5. The number of fused-ring (bicyclic) bond motifs is 1. The summed E-state index contributed by atoms with van der Waals surface area (Å²) in [7, 11) is 2.10. The van der Waals surface area contributed by atoms with Gasteiger partial charge < -0.3 is 16.0 Å². The summed E-state index contributed by atoms with van der Waals surface area (Å²) in [6.07, 6.45) is 8.37. The van der Waals surface area contributed by atoms with Gasteiger partial charge in [0, 0.05) is 37.8 Å². The summed E-state index contributed by atoms with van der Waals surface area (Å²) in [5.41, 5.74) is 0.502. The van der Waals surface area contributed by atoms with Crippen LogP contribution < -0.4 is 16.0 Å². The van der Waals surface area contributed by atoms with Crippen molar-refractivity contribution < 1.29 is 0 Å². The average molecular weight is 321 g/mol. The van der Waals surface area contributed by atoms with Gasteiger partial charge in [0.15, 0.2) is 0 Å². The molecule has 0 aromatic heterocycles. The number of hydrogen-bond acceptors (Lipinski definition) is 4. The maximum Gasteiger partial charge on any atom is 0.0224 e. The van der Waals surface area contributed by atoms with Gasteiger partial charge in [0.2, 0.25) is 0 Å². The highest BCUT2D eigenvalue weighted by Gasteiger charge is 2.50. The van der Waals surface area contributed by atoms with Crippen LogP contribution in [0.4, 0.5) is 0 Å². The third-order valence-electron chi connectivity index (χ3n) is 7.53. The van der Waals surface area contributed by atoms with Crippen LogP contribution in [0.2, 0.25) is 0 Å². The van der Waals surface area contributed by atoms with Crippen molar-refractivity contribution in [3.8, 4) is 0 Å². The topological polar surface area (TPSA) is 39.3 Å². The monoisotopic (exact) mass is 320 g/mol. The molecule has 1 aliphatic carbocycles. The molecule has 0 spiro atoms. The molecule has 6 atom stereocenters. The third-order valence-corrected chi connectivity index (χ3v) is 7.53. The largest absolute Gasteiger partial charge is 0.319 e. The van der Waals surface area contributed by atoms with E-state index in [9.17, 15) is 0 Å². The van der Waals surface area contributed by atoms with Gasteiger partial charge >= 0.3 is 0 Å². The van der Waals surface area contributed by atoms with Crippen molar-refractivity contribution in [1.82, 2.24) is 20.9 Å². The molecule has 6 unspecified atom stereocenters. The lowest BCUT2D eigenvalue weighted by Gasteiger charge is -2.41. The second-order valence-corrected chi connectivity index (χ2v) is 8.77. The van der Waals surface area contributed by atoms with Gasteiger partial charge in [-0.25, -0.2) is 0 Å². The van der Waals surface area contributed by atoms with Gasteiger partial charge in [-0.1, -0.05) is 6.92 Å². The first kappa shape index (κ1) is 16.3. The van der Waals surface area contributed by atoms with Crippen LogP contribution >= 0.6 is 0 Å². The van der Waals surface area contributed by atoms with Gasteiger partial charge in [0.05, 0.1) is 0 Å². The maximum absolute atomic E-state index is 3.94. The molecular formula is C19H36N4. The van der Waals surface area contributed by atoms with E-state index in [4.69, 9.17) is 0 Å². The molecule has 0 aromatic carbocycles. The fourth-order valence-electron chi connectivity index (χ4n) is 5.73. The molecule has 4 nitrogen and oxygen atoms in total. The second-order valence-electron chi connectivity index (χ2n) is 8.77. The van der Waals surface area contributed by atoms with E-state index in [0.717, 1.165) is 36.5 Å². The zero-order chi connectivity index (χ0) is 15.9. The van der Waals surface area contributed by atoms with Gasteiger partial charge in [-0.2, -0.15) is 0 Å². The standard InChI is InChI=1S/C19H36N4/c1-3-19(12-20-2)7-4-16(22-13-19)15-10-18(15)23-9-6-14-5-8-21-17(14)11-23/h14-18,20-22H,3-13H2,1-2H3. The van der Waals surface area contributed by atoms with E-state index in [0.29, 0.717) is 5.41 Å². The average Bonchev–Trinajstić information content (AvgIpc) is 3.24. The number of nitrogens with zero attached hydrogens (tertiary/aromatic N) is 1. The quantitative estimate of drug-likeness (QED) is 0.717. The molecule has 0 aromatic rings. The van der Waals surface area contributed by atoms with E-state index in [2.05, 4.69) is 34.8 Å². The van der Waals surface area contributed by atoms with Crippen molar-refractivity contribution in [3.05, 3.63) is 0 Å². The first-order valence-electron chi connectivity index (χ1n) is 10.1. The highest BCUT2D eigenvalue weighted by molar-refractivity contribution is 5.06. The van der Waals surface area contributed by atoms with Crippen LogP contribution in [0.3, 0.4) is 0 Å². The van der Waals surface area contributed by atoms with Crippen LogP contribution in [0, 0.1) is 17.3 Å². The highest BCUT2D eigenvalue weighted by Crippen LogP contribution is 2.45. The fraction of sp³-hybridized carbons (Fsp3) is 1.00. The Bertz CT molecular complexity index is 404. The van der Waals surface area contributed by atoms with E-state index in [1.807, 2.05) is 0 Å². The van der Waals surface area contributed by atoms with Gasteiger partial charge in [0.25, 0.3) is 0 Å². The van der Waals surface area contributed by atoms with Crippen LogP contribution in [0.15, 0.2) is 0 Å². The zero-order valence-corrected chi connectivity index (χ0v) is 15.1. The minimum Gasteiger partial charge on any atom is -0.319 e. The number of hydrogen-bond donors (Lipinski definition) is 3. The SMILES string of the molecule is CCC1(CNC)CCC(C2CC2N2CCC3CCNC3C2)NC1. The summed E-state index contributed by atoms with van der Waals surface area (Å²) in [5.74, 6) is 1.90. The molecule has 4 rings (SSSR count). The molecule has 3 aliphatic heterocycles. The van der Waals surface area contributed by atoms with E-state index < -0.39 is 0 Å². The van der Waals surface area contributed by atoms with Crippen molar-refractivity contribution in [3.63, 3.8) is 0 Å². The summed E-state index contributed by atoms with van der Waals surface area (Å²) in [5, 5.41) is 11.1. The molecule has 3 heterocycles. The van der Waals surface area contributed by atoms with E-state index in [1.165, 1.54) is 64.7 Å². The smallest absolute Gasteiger partial charge is 0.0224 e. The fourth-order valence-corrected chi connectivity index (χ4v) is 5.73. The lowest BCUT2D eigenvalue weighted by atomic mass is 9.76. The Morgan fingerprint density at radius 2 is 2.09 bits per heavy atom. The Kier molecular flexibility index (Phi) is 4.70. The summed E-state index contributed by atoms with van der Waals surface area (Å²) in [6.45, 7) is 8.67. The predicted octanol–water partition coefficient (Wildman–Crippen LogP) is 1.43. The molecule has 4 aliphatic rings. The number of likely N-dealkylation sites (tertiary alicyclic amines) is 1. The van der Waals surface area contributed by atoms with Gasteiger partial charge in [-0.3, -0.25) is 4.90 Å². The normalized spacial score (nSPS) is 47.5. The van der Waals surface area contributed by atoms with Crippen molar-refractivity contribution in [1.29, 1.82) is 0 Å². The Balaban J connectivity index is 1.27. The van der Waals surface area contributed by atoms with Gasteiger partial charge in [0.1, 0.15) is 0 Å². The molecule has 23 heavy (non-hydrogen) atoms. The first-order chi connectivity index (χ1) is 11.2. The molecule has 132 valence electrons. The molecule has 4 fully saturated rings. The summed E-state index contributed by atoms with van der Waals surface area (Å²) in [6, 6.07) is 2.47. The Hall–Kier alpha value is -0.160. The maximum atomic E-state index is 3.94. The molecule has 3 N–H and O–H groups in total. The minimum absolute atomic E-state index is 0.502. The number of nitrogens with one attached hydrogen (secondary N) is 3. The summed E-state index contributed by atoms with van der Waals surface area (Å²) in [4.78, 5) is 2.82. The van der Waals surface area contributed by atoms with E-state index in [1.54, 1.807) is 0 Å². The molecule has 0 bridgehead atoms. The predicted molar refractivity (Wildman–Crippen MR) is 95.7 cm³/mol. The Morgan fingerprint density at radius 3 is 2.83 bits per heavy atom. The Morgan fingerprint density at radius 1 is 1.17 bits per heavy atom. The van der Waals surface area contributed by atoms with Crippen LogP contribution in [0.25, 0.3) is 0 Å². The highest BCUT2D eigenvalue weighted by atomic mass is 15.2. The summed E-state index contributed by atoms with van der Waals surface area (Å²) < 4.78 is 0. The van der Waals surface area contributed by atoms with Crippen LogP contribution in [0.5, 0.6) is 0 Å². The molecule has 4 heteroatoms. The van der Waals surface area contributed by atoms with Gasteiger partial charge in [-0.15, -0.1) is 0 Å². The third kappa shape index (κ3) is 3.20.